The van der Waals surface area contributed by atoms with Gasteiger partial charge in [0.2, 0.25) is 0 Å². The highest BCUT2D eigenvalue weighted by Crippen LogP contribution is 1.94. The van der Waals surface area contributed by atoms with Crippen molar-refractivity contribution in [1.82, 2.24) is 10.6 Å². The van der Waals surface area contributed by atoms with E-state index < -0.39 is 36.5 Å². The molecule has 0 aromatic heterocycles. The summed E-state index contributed by atoms with van der Waals surface area (Å²) in [6.07, 6.45) is 4.89. The lowest BCUT2D eigenvalue weighted by atomic mass is 10.2. The van der Waals surface area contributed by atoms with Crippen LogP contribution in [0.2, 0.25) is 0 Å². The molecule has 4 N–H and O–H groups in total. The third kappa shape index (κ3) is 6.04. The number of nitrogens with one attached hydrogen (secondary N) is 2. The molecule has 0 bridgehead atoms. The Kier molecular flexibility index (Phi) is 6.18. The maximum Gasteiger partial charge on any atom is 0.326 e. The first-order valence-electron chi connectivity index (χ1n) is 4.88. The molecule has 0 aliphatic heterocycles. The lowest BCUT2D eigenvalue weighted by Gasteiger charge is -2.15. The quantitative estimate of drug-likeness (QED) is 0.474. The van der Waals surface area contributed by atoms with E-state index in [0.29, 0.717) is 6.42 Å². The summed E-state index contributed by atoms with van der Waals surface area (Å²) < 4.78 is 0. The van der Waals surface area contributed by atoms with Crippen molar-refractivity contribution < 1.29 is 24.6 Å². The van der Waals surface area contributed by atoms with Crippen molar-refractivity contribution in [1.29, 1.82) is 0 Å². The van der Waals surface area contributed by atoms with Gasteiger partial charge < -0.3 is 20.8 Å². The average molecular weight is 242 g/mol. The third-order valence-electron chi connectivity index (χ3n) is 1.90. The van der Waals surface area contributed by atoms with Crippen LogP contribution < -0.4 is 10.6 Å². The zero-order valence-electron chi connectivity index (χ0n) is 9.27. The van der Waals surface area contributed by atoms with E-state index in [0.717, 1.165) is 0 Å². The predicted octanol–water partition coefficient (Wildman–Crippen LogP) is -0.375. The normalized spacial score (nSPS) is 12.9. The summed E-state index contributed by atoms with van der Waals surface area (Å²) in [5.41, 5.74) is 0. The second-order valence-corrected chi connectivity index (χ2v) is 3.23. The van der Waals surface area contributed by atoms with E-state index in [-0.39, 0.29) is 0 Å². The van der Waals surface area contributed by atoms with Crippen molar-refractivity contribution >= 4 is 18.0 Å². The topological polar surface area (TPSA) is 116 Å². The molecule has 94 valence electrons. The molecule has 0 aromatic rings. The number of urea groups is 1. The van der Waals surface area contributed by atoms with Crippen LogP contribution in [-0.4, -0.2) is 40.3 Å². The number of amides is 2. The number of hydrogen-bond donors (Lipinski definition) is 4. The summed E-state index contributed by atoms with van der Waals surface area (Å²) in [6.45, 7) is 1.75. The van der Waals surface area contributed by atoms with E-state index in [1.165, 1.54) is 0 Å². The highest BCUT2D eigenvalue weighted by Gasteiger charge is 2.23. The Balaban J connectivity index is 4.36. The standard InChI is InChI=1S/C10H14N2O5/c1-3-6(4-2)11-10(17)12-7(9(15)16)5-8(13)14/h1,6-7H,4-5H2,2H3,(H,13,14)(H,15,16)(H2,11,12,17)/t6?,7-/m0/s1. The summed E-state index contributed by atoms with van der Waals surface area (Å²) in [6, 6.07) is -2.81. The van der Waals surface area contributed by atoms with Gasteiger partial charge in [0, 0.05) is 0 Å². The van der Waals surface area contributed by atoms with Gasteiger partial charge in [-0.25, -0.2) is 9.59 Å². The maximum atomic E-state index is 11.3. The molecule has 2 atom stereocenters. The molecule has 0 fully saturated rings. The zero-order valence-corrected chi connectivity index (χ0v) is 9.27. The average Bonchev–Trinajstić information content (AvgIpc) is 2.24. The van der Waals surface area contributed by atoms with Crippen LogP contribution in [0.1, 0.15) is 19.8 Å². The fraction of sp³-hybridized carbons (Fsp3) is 0.500. The van der Waals surface area contributed by atoms with Gasteiger partial charge in [-0.1, -0.05) is 12.8 Å². The van der Waals surface area contributed by atoms with Gasteiger partial charge in [-0.3, -0.25) is 4.79 Å². The van der Waals surface area contributed by atoms with Crippen LogP contribution in [0.3, 0.4) is 0 Å². The van der Waals surface area contributed by atoms with Gasteiger partial charge >= 0.3 is 18.0 Å². The summed E-state index contributed by atoms with van der Waals surface area (Å²) in [5.74, 6) is -0.448. The van der Waals surface area contributed by atoms with Crippen molar-refractivity contribution in [3.05, 3.63) is 0 Å². The molecule has 0 radical (unpaired) electrons. The number of carboxylic acids is 2. The van der Waals surface area contributed by atoms with E-state index in [1.54, 1.807) is 6.92 Å². The minimum Gasteiger partial charge on any atom is -0.481 e. The lowest BCUT2D eigenvalue weighted by Crippen LogP contribution is -2.49. The molecule has 0 aliphatic rings. The van der Waals surface area contributed by atoms with Gasteiger partial charge in [0.15, 0.2) is 0 Å². The second-order valence-electron chi connectivity index (χ2n) is 3.23. The summed E-state index contributed by atoms with van der Waals surface area (Å²) >= 11 is 0. The fourth-order valence-electron chi connectivity index (χ4n) is 0.994. The first-order chi connectivity index (χ1) is 7.90. The van der Waals surface area contributed by atoms with Crippen LogP contribution in [0.25, 0.3) is 0 Å². The number of hydrogen-bond acceptors (Lipinski definition) is 3. The predicted molar refractivity (Wildman–Crippen MR) is 58.3 cm³/mol. The molecule has 0 spiro atoms. The van der Waals surface area contributed by atoms with Gasteiger partial charge in [-0.2, -0.15) is 0 Å². The van der Waals surface area contributed by atoms with Gasteiger partial charge in [-0.05, 0) is 6.42 Å². The number of aliphatic carboxylic acids is 2. The SMILES string of the molecule is C#CC(CC)NC(=O)N[C@@H](CC(=O)O)C(=O)O. The molecule has 2 amide bonds. The van der Waals surface area contributed by atoms with Crippen LogP contribution in [0.15, 0.2) is 0 Å². The highest BCUT2D eigenvalue weighted by atomic mass is 16.4. The van der Waals surface area contributed by atoms with Gasteiger partial charge in [-0.15, -0.1) is 6.42 Å². The summed E-state index contributed by atoms with van der Waals surface area (Å²) in [5, 5.41) is 21.5. The molecule has 7 nitrogen and oxygen atoms in total. The molecule has 0 heterocycles. The number of carbonyl (C=O) groups is 3. The van der Waals surface area contributed by atoms with E-state index in [2.05, 4.69) is 11.2 Å². The number of rotatable bonds is 6. The minimum absolute atomic E-state index is 0.487. The van der Waals surface area contributed by atoms with Crippen LogP contribution in [-0.2, 0) is 9.59 Å². The number of carbonyl (C=O) groups excluding carboxylic acids is 1. The Morgan fingerprint density at radius 3 is 2.24 bits per heavy atom. The first kappa shape index (κ1) is 14.8. The van der Waals surface area contributed by atoms with Gasteiger partial charge in [0.1, 0.15) is 6.04 Å². The Morgan fingerprint density at radius 2 is 1.88 bits per heavy atom. The van der Waals surface area contributed by atoms with Crippen molar-refractivity contribution in [3.8, 4) is 12.3 Å². The highest BCUT2D eigenvalue weighted by molar-refractivity contribution is 5.86. The van der Waals surface area contributed by atoms with E-state index >= 15 is 0 Å². The van der Waals surface area contributed by atoms with Crippen molar-refractivity contribution in [3.63, 3.8) is 0 Å². The summed E-state index contributed by atoms with van der Waals surface area (Å²) in [7, 11) is 0. The molecule has 0 saturated heterocycles. The van der Waals surface area contributed by atoms with Crippen LogP contribution >= 0.6 is 0 Å². The molecular weight excluding hydrogens is 228 g/mol. The lowest BCUT2D eigenvalue weighted by molar-refractivity contribution is -0.145. The van der Waals surface area contributed by atoms with E-state index in [1.807, 2.05) is 5.32 Å². The van der Waals surface area contributed by atoms with Crippen molar-refractivity contribution in [2.45, 2.75) is 31.8 Å². The first-order valence-corrected chi connectivity index (χ1v) is 4.88. The molecule has 0 aromatic carbocycles. The Morgan fingerprint density at radius 1 is 1.29 bits per heavy atom. The molecular formula is C10H14N2O5. The van der Waals surface area contributed by atoms with Crippen LogP contribution in [0.4, 0.5) is 4.79 Å². The monoisotopic (exact) mass is 242 g/mol. The van der Waals surface area contributed by atoms with Crippen molar-refractivity contribution in [2.75, 3.05) is 0 Å². The second kappa shape index (κ2) is 7.11. The Bertz CT molecular complexity index is 347. The number of terminal acetylenes is 1. The molecule has 1 unspecified atom stereocenters. The van der Waals surface area contributed by atoms with E-state index in [4.69, 9.17) is 16.6 Å². The Hall–Kier alpha value is -2.23. The largest absolute Gasteiger partial charge is 0.481 e. The minimum atomic E-state index is -1.48. The maximum absolute atomic E-state index is 11.3. The van der Waals surface area contributed by atoms with E-state index in [9.17, 15) is 14.4 Å². The molecule has 0 aliphatic carbocycles. The number of carboxylic acid groups (broad SMARTS) is 2. The molecule has 0 rings (SSSR count). The molecule has 0 saturated carbocycles. The fourth-order valence-corrected chi connectivity index (χ4v) is 0.994. The van der Waals surface area contributed by atoms with Crippen molar-refractivity contribution in [2.24, 2.45) is 0 Å². The summed E-state index contributed by atoms with van der Waals surface area (Å²) in [4.78, 5) is 32.3. The third-order valence-corrected chi connectivity index (χ3v) is 1.90. The molecule has 7 heteroatoms. The Labute approximate surface area is 98.2 Å². The smallest absolute Gasteiger partial charge is 0.326 e. The zero-order chi connectivity index (χ0) is 13.4. The molecule has 17 heavy (non-hydrogen) atoms. The van der Waals surface area contributed by atoms with Crippen LogP contribution in [0.5, 0.6) is 0 Å². The van der Waals surface area contributed by atoms with Crippen LogP contribution in [0, 0.1) is 12.3 Å². The van der Waals surface area contributed by atoms with Gasteiger partial charge in [0.05, 0.1) is 12.5 Å². The van der Waals surface area contributed by atoms with Gasteiger partial charge in [0.25, 0.3) is 0 Å².